The number of benzene rings is 7. The molecule has 3 aliphatic heterocycles. The van der Waals surface area contributed by atoms with E-state index in [1.54, 1.807) is 0 Å². The normalized spacial score (nSPS) is 13.7. The molecule has 0 fully saturated rings. The van der Waals surface area contributed by atoms with E-state index in [9.17, 15) is 0 Å². The third-order valence-corrected chi connectivity index (χ3v) is 10.5. The SMILES string of the molecule is c1ccc(N2c3ccc(N4c5ccccc5Cc5ccccc54)cc3B3c4c2cccc4-n2c4ccccc4c4cccc3c42)cc1. The molecule has 0 bridgehead atoms. The van der Waals surface area contributed by atoms with Crippen molar-refractivity contribution >= 4 is 79.0 Å². The Morgan fingerprint density at radius 3 is 1.89 bits per heavy atom. The summed E-state index contributed by atoms with van der Waals surface area (Å²) in [7, 11) is 0. The van der Waals surface area contributed by atoms with Crippen LogP contribution in [0.25, 0.3) is 27.5 Å². The zero-order chi connectivity index (χ0) is 30.6. The van der Waals surface area contributed by atoms with E-state index < -0.39 is 0 Å². The van der Waals surface area contributed by atoms with Gasteiger partial charge >= 0.3 is 0 Å². The molecule has 11 rings (SSSR count). The minimum atomic E-state index is 0.0897. The van der Waals surface area contributed by atoms with Crippen LogP contribution in [-0.2, 0) is 6.42 Å². The van der Waals surface area contributed by atoms with Gasteiger partial charge in [0.1, 0.15) is 0 Å². The van der Waals surface area contributed by atoms with E-state index in [2.05, 4.69) is 172 Å². The van der Waals surface area contributed by atoms with Gasteiger partial charge < -0.3 is 14.4 Å². The molecule has 0 amide bonds. The van der Waals surface area contributed by atoms with Gasteiger partial charge in [0.2, 0.25) is 0 Å². The Kier molecular flexibility index (Phi) is 4.98. The van der Waals surface area contributed by atoms with Gasteiger partial charge in [-0.15, -0.1) is 0 Å². The average Bonchev–Trinajstić information content (AvgIpc) is 3.48. The number of fused-ring (bicyclic) bond motifs is 9. The van der Waals surface area contributed by atoms with Gasteiger partial charge in [0, 0.05) is 62.5 Å². The Bertz CT molecular complexity index is 2540. The molecular formula is C43H28BN3. The van der Waals surface area contributed by atoms with Crippen LogP contribution in [0.1, 0.15) is 11.1 Å². The smallest absolute Gasteiger partial charge is 0.252 e. The van der Waals surface area contributed by atoms with Gasteiger partial charge in [-0.2, -0.15) is 0 Å². The molecule has 0 saturated carbocycles. The molecule has 0 aliphatic carbocycles. The maximum Gasteiger partial charge on any atom is 0.252 e. The van der Waals surface area contributed by atoms with Crippen LogP contribution in [0.2, 0.25) is 0 Å². The fraction of sp³-hybridized carbons (Fsp3) is 0.0233. The first kappa shape index (κ1) is 25.2. The van der Waals surface area contributed by atoms with Crippen LogP contribution in [0.4, 0.5) is 34.1 Å². The zero-order valence-corrected chi connectivity index (χ0v) is 25.6. The van der Waals surface area contributed by atoms with Gasteiger partial charge in [-0.25, -0.2) is 0 Å². The minimum absolute atomic E-state index is 0.0897. The maximum absolute atomic E-state index is 2.52. The highest BCUT2D eigenvalue weighted by Gasteiger charge is 2.42. The fourth-order valence-electron chi connectivity index (χ4n) is 8.70. The Labute approximate surface area is 273 Å². The third kappa shape index (κ3) is 3.32. The summed E-state index contributed by atoms with van der Waals surface area (Å²) in [6.45, 7) is 0.0897. The fourth-order valence-corrected chi connectivity index (χ4v) is 8.70. The second kappa shape index (κ2) is 9.28. The molecule has 0 unspecified atom stereocenters. The summed E-state index contributed by atoms with van der Waals surface area (Å²) in [4.78, 5) is 4.95. The molecule has 0 saturated heterocycles. The molecule has 3 nitrogen and oxygen atoms in total. The molecule has 0 N–H and O–H groups in total. The van der Waals surface area contributed by atoms with Gasteiger partial charge in [0.15, 0.2) is 0 Å². The quantitative estimate of drug-likeness (QED) is 0.185. The molecule has 8 aromatic rings. The number of para-hydroxylation sites is 5. The van der Waals surface area contributed by atoms with Gasteiger partial charge in [0.25, 0.3) is 6.71 Å². The molecule has 47 heavy (non-hydrogen) atoms. The Morgan fingerprint density at radius 2 is 1.06 bits per heavy atom. The van der Waals surface area contributed by atoms with Crippen LogP contribution < -0.4 is 26.2 Å². The number of anilines is 6. The largest absolute Gasteiger partial charge is 0.311 e. The summed E-state index contributed by atoms with van der Waals surface area (Å²) >= 11 is 0. The lowest BCUT2D eigenvalue weighted by Crippen LogP contribution is -2.60. The molecule has 4 heteroatoms. The van der Waals surface area contributed by atoms with Crippen molar-refractivity contribution in [3.05, 3.63) is 169 Å². The Balaban J connectivity index is 1.24. The van der Waals surface area contributed by atoms with Crippen LogP contribution >= 0.6 is 0 Å². The number of nitrogens with zero attached hydrogens (tertiary/aromatic N) is 3. The lowest BCUT2D eigenvalue weighted by Gasteiger charge is -2.41. The summed E-state index contributed by atoms with van der Waals surface area (Å²) in [5.41, 5.74) is 18.0. The van der Waals surface area contributed by atoms with E-state index in [1.807, 2.05) is 0 Å². The minimum Gasteiger partial charge on any atom is -0.311 e. The lowest BCUT2D eigenvalue weighted by molar-refractivity contribution is 1.09. The van der Waals surface area contributed by atoms with Crippen molar-refractivity contribution in [2.75, 3.05) is 9.80 Å². The molecular weight excluding hydrogens is 569 g/mol. The van der Waals surface area contributed by atoms with Crippen LogP contribution in [0.15, 0.2) is 158 Å². The Hall–Kier alpha value is -6.00. The van der Waals surface area contributed by atoms with Crippen molar-refractivity contribution in [1.82, 2.24) is 4.57 Å². The van der Waals surface area contributed by atoms with Crippen molar-refractivity contribution in [2.24, 2.45) is 0 Å². The summed E-state index contributed by atoms with van der Waals surface area (Å²) in [5.74, 6) is 0. The first-order valence-electron chi connectivity index (χ1n) is 16.5. The molecule has 1 aromatic heterocycles. The highest BCUT2D eigenvalue weighted by Crippen LogP contribution is 2.46. The molecule has 3 aliphatic rings. The second-order valence-corrected chi connectivity index (χ2v) is 12.9. The van der Waals surface area contributed by atoms with E-state index in [1.165, 1.54) is 89.1 Å². The molecule has 0 spiro atoms. The standard InChI is InChI=1S/C43H28BN3/c1-2-14-30(15-3-1)45-39-25-24-31(46-36-19-7-4-12-28(36)26-29-13-5-8-20-37(29)46)27-35(39)44-34-18-10-17-33-32-16-6-9-21-38(32)47(43(33)34)41-23-11-22-40(45)42(41)44/h1-25,27H,26H2. The highest BCUT2D eigenvalue weighted by molar-refractivity contribution is 7.00. The van der Waals surface area contributed by atoms with E-state index in [4.69, 9.17) is 0 Å². The highest BCUT2D eigenvalue weighted by atomic mass is 15.2. The zero-order valence-electron chi connectivity index (χ0n) is 25.6. The summed E-state index contributed by atoms with van der Waals surface area (Å²) in [6, 6.07) is 58.4. The van der Waals surface area contributed by atoms with Gasteiger partial charge in [-0.3, -0.25) is 0 Å². The molecule has 7 aromatic carbocycles. The first-order valence-corrected chi connectivity index (χ1v) is 16.5. The molecule has 218 valence electrons. The first-order chi connectivity index (χ1) is 23.3. The van der Waals surface area contributed by atoms with Crippen molar-refractivity contribution in [3.8, 4) is 5.69 Å². The van der Waals surface area contributed by atoms with Crippen LogP contribution in [-0.4, -0.2) is 11.3 Å². The Morgan fingerprint density at radius 1 is 0.426 bits per heavy atom. The van der Waals surface area contributed by atoms with E-state index >= 15 is 0 Å². The topological polar surface area (TPSA) is 11.4 Å². The summed E-state index contributed by atoms with van der Waals surface area (Å²) in [6.07, 6.45) is 0.946. The number of hydrogen-bond donors (Lipinski definition) is 0. The van der Waals surface area contributed by atoms with Crippen LogP contribution in [0.3, 0.4) is 0 Å². The summed E-state index contributed by atoms with van der Waals surface area (Å²) in [5, 5.41) is 2.62. The summed E-state index contributed by atoms with van der Waals surface area (Å²) < 4.78 is 2.52. The van der Waals surface area contributed by atoms with Crippen LogP contribution in [0, 0.1) is 0 Å². The number of rotatable bonds is 2. The number of hydrogen-bond acceptors (Lipinski definition) is 2. The lowest BCUT2D eigenvalue weighted by atomic mass is 9.33. The van der Waals surface area contributed by atoms with Gasteiger partial charge in [0.05, 0.1) is 5.52 Å². The predicted molar refractivity (Wildman–Crippen MR) is 198 cm³/mol. The van der Waals surface area contributed by atoms with Crippen molar-refractivity contribution in [3.63, 3.8) is 0 Å². The maximum atomic E-state index is 2.52. The van der Waals surface area contributed by atoms with Gasteiger partial charge in [-0.1, -0.05) is 97.1 Å². The predicted octanol–water partition coefficient (Wildman–Crippen LogP) is 8.77. The monoisotopic (exact) mass is 597 g/mol. The third-order valence-electron chi connectivity index (χ3n) is 10.5. The number of aromatic nitrogens is 1. The molecule has 4 heterocycles. The molecule has 0 atom stereocenters. The van der Waals surface area contributed by atoms with Crippen molar-refractivity contribution < 1.29 is 0 Å². The average molecular weight is 598 g/mol. The van der Waals surface area contributed by atoms with Gasteiger partial charge in [-0.05, 0) is 88.2 Å². The van der Waals surface area contributed by atoms with Crippen LogP contribution in [0.5, 0.6) is 0 Å². The van der Waals surface area contributed by atoms with E-state index in [-0.39, 0.29) is 6.71 Å². The van der Waals surface area contributed by atoms with E-state index in [0.717, 1.165) is 6.42 Å². The van der Waals surface area contributed by atoms with E-state index in [0.29, 0.717) is 0 Å². The van der Waals surface area contributed by atoms with Crippen molar-refractivity contribution in [2.45, 2.75) is 6.42 Å². The second-order valence-electron chi connectivity index (χ2n) is 12.9. The van der Waals surface area contributed by atoms with Crippen molar-refractivity contribution in [1.29, 1.82) is 0 Å². The molecule has 0 radical (unpaired) electrons.